The summed E-state index contributed by atoms with van der Waals surface area (Å²) in [6.45, 7) is 0. The van der Waals surface area contributed by atoms with Gasteiger partial charge in [0.2, 0.25) is 0 Å². The number of pyridine rings is 1. The van der Waals surface area contributed by atoms with Crippen molar-refractivity contribution in [3.05, 3.63) is 33.5 Å². The first kappa shape index (κ1) is 10.3. The van der Waals surface area contributed by atoms with Crippen LogP contribution >= 0.6 is 0 Å². The van der Waals surface area contributed by atoms with Gasteiger partial charge in [0.1, 0.15) is 0 Å². The number of aromatic nitrogens is 1. The molecule has 0 atom stereocenters. The summed E-state index contributed by atoms with van der Waals surface area (Å²) in [5.41, 5.74) is -2.30. The summed E-state index contributed by atoms with van der Waals surface area (Å²) in [7, 11) is 0. The third-order valence-electron chi connectivity index (χ3n) is 1.61. The minimum absolute atomic E-state index is 0.274. The molecule has 0 aliphatic rings. The lowest BCUT2D eigenvalue weighted by Gasteiger charge is -2.03. The molecular weight excluding hydrogens is 197 g/mol. The number of hydrogen-bond donors (Lipinski definition) is 1. The SMILES string of the molecule is N#CCc1cc(F)[nH]c(=O)c1C(F)F. The van der Waals surface area contributed by atoms with Gasteiger partial charge in [-0.15, -0.1) is 0 Å². The van der Waals surface area contributed by atoms with Crippen LogP contribution in [0.25, 0.3) is 0 Å². The smallest absolute Gasteiger partial charge is 0.269 e. The van der Waals surface area contributed by atoms with Crippen molar-refractivity contribution in [3.8, 4) is 6.07 Å². The molecule has 14 heavy (non-hydrogen) atoms. The van der Waals surface area contributed by atoms with Crippen LogP contribution in [-0.4, -0.2) is 4.98 Å². The average Bonchev–Trinajstić information content (AvgIpc) is 2.01. The zero-order chi connectivity index (χ0) is 10.7. The molecule has 0 aliphatic carbocycles. The highest BCUT2D eigenvalue weighted by molar-refractivity contribution is 5.27. The molecule has 0 radical (unpaired) electrons. The van der Waals surface area contributed by atoms with E-state index in [1.54, 1.807) is 11.1 Å². The lowest BCUT2D eigenvalue weighted by molar-refractivity contribution is 0.148. The maximum atomic E-state index is 12.6. The van der Waals surface area contributed by atoms with Gasteiger partial charge in [-0.05, 0) is 11.6 Å². The second-order valence-electron chi connectivity index (χ2n) is 2.52. The van der Waals surface area contributed by atoms with E-state index in [0.717, 1.165) is 6.07 Å². The Hall–Kier alpha value is -1.77. The fourth-order valence-corrected chi connectivity index (χ4v) is 1.06. The number of aromatic amines is 1. The summed E-state index contributed by atoms with van der Waals surface area (Å²) in [5.74, 6) is -1.02. The molecule has 0 fully saturated rings. The summed E-state index contributed by atoms with van der Waals surface area (Å²) in [6, 6.07) is 2.31. The lowest BCUT2D eigenvalue weighted by Crippen LogP contribution is -2.17. The van der Waals surface area contributed by atoms with Crippen LogP contribution in [0, 0.1) is 17.3 Å². The van der Waals surface area contributed by atoms with Gasteiger partial charge in [-0.25, -0.2) is 8.78 Å². The van der Waals surface area contributed by atoms with Gasteiger partial charge in [-0.3, -0.25) is 9.78 Å². The molecule has 1 aromatic rings. The second kappa shape index (κ2) is 3.96. The Labute approximate surface area is 76.8 Å². The highest BCUT2D eigenvalue weighted by atomic mass is 19.3. The Balaban J connectivity index is 3.38. The van der Waals surface area contributed by atoms with Crippen molar-refractivity contribution in [2.24, 2.45) is 0 Å². The van der Waals surface area contributed by atoms with Crippen molar-refractivity contribution >= 4 is 0 Å². The first-order chi connectivity index (χ1) is 6.56. The molecule has 1 rings (SSSR count). The van der Waals surface area contributed by atoms with Gasteiger partial charge in [0.25, 0.3) is 12.0 Å². The number of H-pyrrole nitrogens is 1. The van der Waals surface area contributed by atoms with E-state index in [2.05, 4.69) is 0 Å². The summed E-state index contributed by atoms with van der Waals surface area (Å²) < 4.78 is 37.2. The molecule has 0 amide bonds. The quantitative estimate of drug-likeness (QED) is 0.739. The predicted molar refractivity (Wildman–Crippen MR) is 41.3 cm³/mol. The van der Waals surface area contributed by atoms with Crippen molar-refractivity contribution < 1.29 is 13.2 Å². The number of alkyl halides is 2. The van der Waals surface area contributed by atoms with Gasteiger partial charge in [0, 0.05) is 0 Å². The molecule has 0 aromatic carbocycles. The number of nitriles is 1. The molecule has 6 heteroatoms. The van der Waals surface area contributed by atoms with Crippen LogP contribution in [0.15, 0.2) is 10.9 Å². The molecule has 0 aliphatic heterocycles. The Bertz CT molecular complexity index is 433. The third-order valence-corrected chi connectivity index (χ3v) is 1.61. The Morgan fingerprint density at radius 2 is 2.21 bits per heavy atom. The maximum Gasteiger partial charge on any atom is 0.269 e. The lowest BCUT2D eigenvalue weighted by atomic mass is 10.1. The van der Waals surface area contributed by atoms with Crippen LogP contribution in [0.5, 0.6) is 0 Å². The molecule has 1 N–H and O–H groups in total. The molecule has 74 valence electrons. The van der Waals surface area contributed by atoms with Crippen molar-refractivity contribution in [1.29, 1.82) is 5.26 Å². The molecule has 0 bridgehead atoms. The largest absolute Gasteiger partial charge is 0.298 e. The monoisotopic (exact) mass is 202 g/mol. The highest BCUT2D eigenvalue weighted by Gasteiger charge is 2.18. The molecule has 0 saturated carbocycles. The van der Waals surface area contributed by atoms with E-state index in [9.17, 15) is 18.0 Å². The maximum absolute atomic E-state index is 12.6. The Morgan fingerprint density at radius 1 is 1.57 bits per heavy atom. The number of nitrogens with zero attached hydrogens (tertiary/aromatic N) is 1. The zero-order valence-corrected chi connectivity index (χ0v) is 6.85. The summed E-state index contributed by atoms with van der Waals surface area (Å²) in [4.78, 5) is 12.5. The topological polar surface area (TPSA) is 56.6 Å². The Morgan fingerprint density at radius 3 is 2.71 bits per heavy atom. The van der Waals surface area contributed by atoms with E-state index < -0.39 is 29.9 Å². The van der Waals surface area contributed by atoms with E-state index >= 15 is 0 Å². The van der Waals surface area contributed by atoms with Crippen LogP contribution in [0.3, 0.4) is 0 Å². The molecule has 0 spiro atoms. The normalized spacial score (nSPS) is 10.2. The van der Waals surface area contributed by atoms with Gasteiger partial charge < -0.3 is 0 Å². The van der Waals surface area contributed by atoms with Crippen molar-refractivity contribution in [1.82, 2.24) is 4.98 Å². The molecule has 1 aromatic heterocycles. The van der Waals surface area contributed by atoms with Gasteiger partial charge in [0.15, 0.2) is 5.95 Å². The summed E-state index contributed by atoms with van der Waals surface area (Å²) in [6.07, 6.45) is -3.43. The van der Waals surface area contributed by atoms with E-state index in [1.807, 2.05) is 0 Å². The average molecular weight is 202 g/mol. The fraction of sp³-hybridized carbons (Fsp3) is 0.250. The standard InChI is InChI=1S/C8H5F3N2O/c9-5-3-4(1-2-12)6(7(10)11)8(14)13-5/h3,7H,1H2,(H,13,14). The van der Waals surface area contributed by atoms with Crippen LogP contribution < -0.4 is 5.56 Å². The van der Waals surface area contributed by atoms with E-state index in [4.69, 9.17) is 5.26 Å². The number of nitrogens with one attached hydrogen (secondary N) is 1. The fourth-order valence-electron chi connectivity index (χ4n) is 1.06. The summed E-state index contributed by atoms with van der Waals surface area (Å²) in [5, 5.41) is 8.28. The van der Waals surface area contributed by atoms with Gasteiger partial charge in [0.05, 0.1) is 18.1 Å². The van der Waals surface area contributed by atoms with Crippen LogP contribution in [0.1, 0.15) is 17.6 Å². The van der Waals surface area contributed by atoms with Crippen LogP contribution in [0.2, 0.25) is 0 Å². The van der Waals surface area contributed by atoms with E-state index in [0.29, 0.717) is 0 Å². The van der Waals surface area contributed by atoms with Gasteiger partial charge in [-0.1, -0.05) is 0 Å². The first-order valence-corrected chi connectivity index (χ1v) is 3.63. The van der Waals surface area contributed by atoms with Crippen molar-refractivity contribution in [3.63, 3.8) is 0 Å². The van der Waals surface area contributed by atoms with Gasteiger partial charge >= 0.3 is 0 Å². The number of halogens is 3. The molecule has 1 heterocycles. The van der Waals surface area contributed by atoms with Crippen molar-refractivity contribution in [2.45, 2.75) is 12.8 Å². The van der Waals surface area contributed by atoms with Crippen LogP contribution in [0.4, 0.5) is 13.2 Å². The minimum Gasteiger partial charge on any atom is -0.298 e. The number of rotatable bonds is 2. The third kappa shape index (κ3) is 1.93. The summed E-state index contributed by atoms with van der Waals surface area (Å²) >= 11 is 0. The zero-order valence-electron chi connectivity index (χ0n) is 6.85. The van der Waals surface area contributed by atoms with Gasteiger partial charge in [-0.2, -0.15) is 9.65 Å². The second-order valence-corrected chi connectivity index (χ2v) is 2.52. The first-order valence-electron chi connectivity index (χ1n) is 3.63. The van der Waals surface area contributed by atoms with Crippen molar-refractivity contribution in [2.75, 3.05) is 0 Å². The number of hydrogen-bond acceptors (Lipinski definition) is 2. The highest BCUT2D eigenvalue weighted by Crippen LogP contribution is 2.19. The van der Waals surface area contributed by atoms with Crippen LogP contribution in [-0.2, 0) is 6.42 Å². The predicted octanol–water partition coefficient (Wildman–Crippen LogP) is 1.52. The molecule has 3 nitrogen and oxygen atoms in total. The van der Waals surface area contributed by atoms with E-state index in [-0.39, 0.29) is 5.56 Å². The minimum atomic E-state index is -3.01. The molecular formula is C8H5F3N2O. The molecule has 0 saturated heterocycles. The van der Waals surface area contributed by atoms with E-state index in [1.165, 1.54) is 0 Å². The Kier molecular flexibility index (Phi) is 2.92. The molecule has 0 unspecified atom stereocenters.